The topological polar surface area (TPSA) is 55.4 Å². The normalized spacial score (nSPS) is 11.5. The lowest BCUT2D eigenvalue weighted by molar-refractivity contribution is -0.124. The Labute approximate surface area is 137 Å². The molecule has 114 valence electrons. The summed E-state index contributed by atoms with van der Waals surface area (Å²) in [5.41, 5.74) is 1.40. The molecule has 0 fully saturated rings. The molecule has 2 rings (SSSR count). The summed E-state index contributed by atoms with van der Waals surface area (Å²) >= 11 is 3.36. The van der Waals surface area contributed by atoms with Gasteiger partial charge in [-0.2, -0.15) is 0 Å². The van der Waals surface area contributed by atoms with E-state index < -0.39 is 5.97 Å². The first-order valence-electron chi connectivity index (χ1n) is 6.83. The second-order valence-electron chi connectivity index (χ2n) is 4.78. The predicted molar refractivity (Wildman–Crippen MR) is 87.4 cm³/mol. The van der Waals surface area contributed by atoms with Crippen molar-refractivity contribution in [3.05, 3.63) is 70.2 Å². The molecule has 4 nitrogen and oxygen atoms in total. The summed E-state index contributed by atoms with van der Waals surface area (Å²) in [7, 11) is 0. The van der Waals surface area contributed by atoms with Gasteiger partial charge in [-0.05, 0) is 36.8 Å². The number of carbonyl (C=O) groups is 2. The number of hydrogen-bond donors (Lipinski definition) is 1. The Hall–Kier alpha value is -2.14. The number of benzene rings is 2. The zero-order chi connectivity index (χ0) is 15.9. The van der Waals surface area contributed by atoms with Crippen LogP contribution in [-0.2, 0) is 9.53 Å². The number of hydrogen-bond acceptors (Lipinski definition) is 3. The predicted octanol–water partition coefficient (Wildman–Crippen LogP) is 3.48. The SMILES string of the molecule is C[C@@H](NC(=O)COC(=O)c1ccccc1)c1ccc(Br)cc1. The van der Waals surface area contributed by atoms with Crippen LogP contribution in [0.4, 0.5) is 0 Å². The van der Waals surface area contributed by atoms with Gasteiger partial charge in [-0.1, -0.05) is 46.3 Å². The van der Waals surface area contributed by atoms with E-state index in [4.69, 9.17) is 4.74 Å². The number of halogens is 1. The highest BCUT2D eigenvalue weighted by molar-refractivity contribution is 9.10. The molecular weight excluding hydrogens is 346 g/mol. The van der Waals surface area contributed by atoms with Gasteiger partial charge in [0.25, 0.3) is 5.91 Å². The van der Waals surface area contributed by atoms with Crippen LogP contribution in [0.2, 0.25) is 0 Å². The fourth-order valence-corrected chi connectivity index (χ4v) is 2.17. The molecule has 0 radical (unpaired) electrons. The van der Waals surface area contributed by atoms with Crippen molar-refractivity contribution < 1.29 is 14.3 Å². The molecule has 0 unspecified atom stereocenters. The lowest BCUT2D eigenvalue weighted by Gasteiger charge is -2.14. The van der Waals surface area contributed by atoms with Crippen molar-refractivity contribution in [2.45, 2.75) is 13.0 Å². The summed E-state index contributed by atoms with van der Waals surface area (Å²) in [5.74, 6) is -0.841. The van der Waals surface area contributed by atoms with E-state index in [-0.39, 0.29) is 18.6 Å². The number of esters is 1. The Bertz CT molecular complexity index is 641. The molecule has 0 aliphatic carbocycles. The van der Waals surface area contributed by atoms with E-state index in [0.29, 0.717) is 5.56 Å². The van der Waals surface area contributed by atoms with Gasteiger partial charge < -0.3 is 10.1 Å². The number of ether oxygens (including phenoxy) is 1. The molecule has 0 bridgehead atoms. The standard InChI is InChI=1S/C17H16BrNO3/c1-12(13-7-9-15(18)10-8-13)19-16(20)11-22-17(21)14-5-3-2-4-6-14/h2-10,12H,11H2,1H3,(H,19,20)/t12-/m1/s1. The van der Waals surface area contributed by atoms with Crippen LogP contribution in [0.25, 0.3) is 0 Å². The van der Waals surface area contributed by atoms with Gasteiger partial charge >= 0.3 is 5.97 Å². The highest BCUT2D eigenvalue weighted by Crippen LogP contribution is 2.16. The largest absolute Gasteiger partial charge is 0.452 e. The Morgan fingerprint density at radius 3 is 2.36 bits per heavy atom. The van der Waals surface area contributed by atoms with Gasteiger partial charge in [0.15, 0.2) is 6.61 Å². The maximum atomic E-state index is 11.8. The molecule has 2 aromatic carbocycles. The molecule has 0 saturated heterocycles. The Kier molecular flexibility index (Phi) is 5.72. The zero-order valence-corrected chi connectivity index (χ0v) is 13.7. The van der Waals surface area contributed by atoms with Crippen molar-refractivity contribution in [3.63, 3.8) is 0 Å². The molecule has 1 N–H and O–H groups in total. The first kappa shape index (κ1) is 16.2. The summed E-state index contributed by atoms with van der Waals surface area (Å²) in [4.78, 5) is 23.6. The molecule has 2 aromatic rings. The number of amides is 1. The summed E-state index contributed by atoms with van der Waals surface area (Å²) in [6, 6.07) is 16.1. The van der Waals surface area contributed by atoms with E-state index in [0.717, 1.165) is 10.0 Å². The second kappa shape index (κ2) is 7.75. The van der Waals surface area contributed by atoms with Crippen LogP contribution in [0.3, 0.4) is 0 Å². The Balaban J connectivity index is 1.83. The summed E-state index contributed by atoms with van der Waals surface area (Å²) in [6.07, 6.45) is 0. The van der Waals surface area contributed by atoms with Crippen LogP contribution in [0.1, 0.15) is 28.9 Å². The molecule has 0 heterocycles. The van der Waals surface area contributed by atoms with Crippen molar-refractivity contribution in [2.75, 3.05) is 6.61 Å². The molecule has 22 heavy (non-hydrogen) atoms. The van der Waals surface area contributed by atoms with Crippen LogP contribution >= 0.6 is 15.9 Å². The third kappa shape index (κ3) is 4.70. The highest BCUT2D eigenvalue weighted by Gasteiger charge is 2.12. The molecule has 5 heteroatoms. The van der Waals surface area contributed by atoms with Crippen molar-refractivity contribution in [1.29, 1.82) is 0 Å². The average Bonchev–Trinajstić information content (AvgIpc) is 2.54. The molecule has 0 saturated carbocycles. The van der Waals surface area contributed by atoms with Crippen molar-refractivity contribution in [3.8, 4) is 0 Å². The first-order valence-corrected chi connectivity index (χ1v) is 7.62. The molecule has 1 atom stereocenters. The highest BCUT2D eigenvalue weighted by atomic mass is 79.9. The van der Waals surface area contributed by atoms with Gasteiger partial charge in [0, 0.05) is 4.47 Å². The molecule has 0 spiro atoms. The quantitative estimate of drug-likeness (QED) is 0.829. The van der Waals surface area contributed by atoms with E-state index in [1.54, 1.807) is 24.3 Å². The second-order valence-corrected chi connectivity index (χ2v) is 5.70. The zero-order valence-electron chi connectivity index (χ0n) is 12.1. The van der Waals surface area contributed by atoms with Crippen molar-refractivity contribution in [2.24, 2.45) is 0 Å². The fraction of sp³-hybridized carbons (Fsp3) is 0.176. The minimum absolute atomic E-state index is 0.156. The lowest BCUT2D eigenvalue weighted by Crippen LogP contribution is -2.31. The van der Waals surface area contributed by atoms with Gasteiger partial charge in [-0.25, -0.2) is 4.79 Å². The van der Waals surface area contributed by atoms with Crippen LogP contribution in [0, 0.1) is 0 Å². The van der Waals surface area contributed by atoms with E-state index in [1.165, 1.54) is 0 Å². The van der Waals surface area contributed by atoms with E-state index >= 15 is 0 Å². The van der Waals surface area contributed by atoms with Gasteiger partial charge in [0.1, 0.15) is 0 Å². The molecule has 0 aliphatic rings. The maximum Gasteiger partial charge on any atom is 0.338 e. The van der Waals surface area contributed by atoms with Gasteiger partial charge in [-0.15, -0.1) is 0 Å². The van der Waals surface area contributed by atoms with E-state index in [2.05, 4.69) is 21.2 Å². The molecular formula is C17H16BrNO3. The van der Waals surface area contributed by atoms with Gasteiger partial charge in [0.05, 0.1) is 11.6 Å². The summed E-state index contributed by atoms with van der Waals surface area (Å²) in [5, 5.41) is 2.79. The maximum absolute atomic E-state index is 11.8. The van der Waals surface area contributed by atoms with E-state index in [9.17, 15) is 9.59 Å². The van der Waals surface area contributed by atoms with Crippen LogP contribution in [0.5, 0.6) is 0 Å². The van der Waals surface area contributed by atoms with Crippen molar-refractivity contribution >= 4 is 27.8 Å². The van der Waals surface area contributed by atoms with Crippen LogP contribution in [0.15, 0.2) is 59.1 Å². The number of nitrogens with one attached hydrogen (secondary N) is 1. The minimum Gasteiger partial charge on any atom is -0.452 e. The summed E-state index contributed by atoms with van der Waals surface area (Å²) in [6.45, 7) is 1.58. The van der Waals surface area contributed by atoms with Crippen LogP contribution < -0.4 is 5.32 Å². The summed E-state index contributed by atoms with van der Waals surface area (Å²) < 4.78 is 5.97. The van der Waals surface area contributed by atoms with Gasteiger partial charge in [0.2, 0.25) is 0 Å². The monoisotopic (exact) mass is 361 g/mol. The Morgan fingerprint density at radius 1 is 1.09 bits per heavy atom. The third-order valence-corrected chi connectivity index (χ3v) is 3.62. The third-order valence-electron chi connectivity index (χ3n) is 3.09. The fourth-order valence-electron chi connectivity index (χ4n) is 1.91. The van der Waals surface area contributed by atoms with Gasteiger partial charge in [-0.3, -0.25) is 4.79 Å². The minimum atomic E-state index is -0.507. The molecule has 0 aromatic heterocycles. The lowest BCUT2D eigenvalue weighted by atomic mass is 10.1. The Morgan fingerprint density at radius 2 is 1.73 bits per heavy atom. The average molecular weight is 362 g/mol. The smallest absolute Gasteiger partial charge is 0.338 e. The number of rotatable bonds is 5. The molecule has 0 aliphatic heterocycles. The number of carbonyl (C=O) groups excluding carboxylic acids is 2. The first-order chi connectivity index (χ1) is 10.6. The van der Waals surface area contributed by atoms with Crippen molar-refractivity contribution in [1.82, 2.24) is 5.32 Å². The molecule has 1 amide bonds. The van der Waals surface area contributed by atoms with E-state index in [1.807, 2.05) is 37.3 Å². The van der Waals surface area contributed by atoms with Crippen LogP contribution in [-0.4, -0.2) is 18.5 Å².